The summed E-state index contributed by atoms with van der Waals surface area (Å²) in [5.41, 5.74) is 7.44. The first kappa shape index (κ1) is 20.7. The summed E-state index contributed by atoms with van der Waals surface area (Å²) >= 11 is 0. The van der Waals surface area contributed by atoms with E-state index in [2.05, 4.69) is 29.5 Å². The summed E-state index contributed by atoms with van der Waals surface area (Å²) in [6.07, 6.45) is 1.91. The molecule has 0 saturated carbocycles. The lowest BCUT2D eigenvalue weighted by Crippen LogP contribution is -2.38. The van der Waals surface area contributed by atoms with Gasteiger partial charge >= 0.3 is 0 Å². The summed E-state index contributed by atoms with van der Waals surface area (Å²) < 4.78 is 0. The fourth-order valence-electron chi connectivity index (χ4n) is 1.73. The maximum absolute atomic E-state index is 11.9. The monoisotopic (exact) mass is 418 g/mol. The van der Waals surface area contributed by atoms with Crippen molar-refractivity contribution in [1.82, 2.24) is 10.6 Å². The van der Waals surface area contributed by atoms with Crippen LogP contribution in [0.2, 0.25) is 0 Å². The molecule has 1 atom stereocenters. The molecule has 0 radical (unpaired) electrons. The number of halogens is 1. The number of carbonyl (C=O) groups is 1. The first-order valence-corrected chi connectivity index (χ1v) is 7.50. The summed E-state index contributed by atoms with van der Waals surface area (Å²) in [5.74, 6) is 0.388. The largest absolute Gasteiger partial charge is 0.370 e. The van der Waals surface area contributed by atoms with Crippen LogP contribution in [0.3, 0.4) is 0 Å². The van der Waals surface area contributed by atoms with Crippen molar-refractivity contribution in [2.45, 2.75) is 46.2 Å². The smallest absolute Gasteiger partial charge is 0.251 e. The van der Waals surface area contributed by atoms with E-state index in [9.17, 15) is 4.79 Å². The summed E-state index contributed by atoms with van der Waals surface area (Å²) in [4.78, 5) is 16.2. The van der Waals surface area contributed by atoms with E-state index in [1.165, 1.54) is 0 Å². The fourth-order valence-corrected chi connectivity index (χ4v) is 1.73. The molecule has 6 heteroatoms. The minimum atomic E-state index is -0.0478. The molecular weight excluding hydrogens is 391 g/mol. The lowest BCUT2D eigenvalue weighted by molar-refractivity contribution is 0.0953. The molecule has 1 amide bonds. The second kappa shape index (κ2) is 11.3. The summed E-state index contributed by atoms with van der Waals surface area (Å²) in [7, 11) is 0. The highest BCUT2D eigenvalue weighted by Crippen LogP contribution is 2.06. The van der Waals surface area contributed by atoms with Crippen LogP contribution in [0, 0.1) is 0 Å². The lowest BCUT2D eigenvalue weighted by Gasteiger charge is -2.11. The number of aliphatic imine (C=N–C) groups is 1. The van der Waals surface area contributed by atoms with Gasteiger partial charge in [0.25, 0.3) is 5.91 Å². The maximum Gasteiger partial charge on any atom is 0.251 e. The first-order valence-electron chi connectivity index (χ1n) is 7.50. The van der Waals surface area contributed by atoms with E-state index in [1.54, 1.807) is 6.07 Å². The van der Waals surface area contributed by atoms with Crippen molar-refractivity contribution in [3.8, 4) is 0 Å². The average Bonchev–Trinajstić information content (AvgIpc) is 2.50. The van der Waals surface area contributed by atoms with Crippen molar-refractivity contribution >= 4 is 35.8 Å². The summed E-state index contributed by atoms with van der Waals surface area (Å²) in [6, 6.07) is 7.77. The normalized spacial score (nSPS) is 12.2. The van der Waals surface area contributed by atoms with E-state index in [4.69, 9.17) is 5.73 Å². The van der Waals surface area contributed by atoms with E-state index in [-0.39, 0.29) is 29.9 Å². The van der Waals surface area contributed by atoms with Crippen LogP contribution in [0.1, 0.15) is 49.5 Å². The molecule has 1 aromatic carbocycles. The molecule has 0 aliphatic heterocycles. The molecule has 0 fully saturated rings. The number of benzene rings is 1. The Balaban J connectivity index is 0.00000441. The Morgan fingerprint density at radius 1 is 1.36 bits per heavy atom. The highest BCUT2D eigenvalue weighted by atomic mass is 127. The van der Waals surface area contributed by atoms with Crippen LogP contribution in [0.4, 0.5) is 0 Å². The second-order valence-corrected chi connectivity index (χ2v) is 5.11. The zero-order valence-corrected chi connectivity index (χ0v) is 15.9. The highest BCUT2D eigenvalue weighted by Gasteiger charge is 2.05. The molecule has 0 aromatic heterocycles. The van der Waals surface area contributed by atoms with Gasteiger partial charge in [-0.15, -0.1) is 24.0 Å². The van der Waals surface area contributed by atoms with E-state index in [0.29, 0.717) is 30.7 Å². The minimum Gasteiger partial charge on any atom is -0.370 e. The molecule has 0 heterocycles. The van der Waals surface area contributed by atoms with Crippen molar-refractivity contribution in [2.75, 3.05) is 6.54 Å². The van der Waals surface area contributed by atoms with Gasteiger partial charge in [-0.1, -0.05) is 26.0 Å². The van der Waals surface area contributed by atoms with Crippen LogP contribution >= 0.6 is 24.0 Å². The van der Waals surface area contributed by atoms with Gasteiger partial charge in [0.05, 0.1) is 6.54 Å². The fraction of sp³-hybridized carbons (Fsp3) is 0.500. The van der Waals surface area contributed by atoms with Crippen LogP contribution in [0.15, 0.2) is 29.3 Å². The van der Waals surface area contributed by atoms with Crippen molar-refractivity contribution in [3.05, 3.63) is 35.4 Å². The molecule has 0 spiro atoms. The Kier molecular flexibility index (Phi) is 10.6. The highest BCUT2D eigenvalue weighted by molar-refractivity contribution is 14.0. The Bertz CT molecular complexity index is 491. The maximum atomic E-state index is 11.9. The van der Waals surface area contributed by atoms with E-state index in [0.717, 1.165) is 18.4 Å². The van der Waals surface area contributed by atoms with Crippen LogP contribution in [-0.4, -0.2) is 24.5 Å². The van der Waals surface area contributed by atoms with Gasteiger partial charge in [0.1, 0.15) is 0 Å². The number of nitrogens with zero attached hydrogens (tertiary/aromatic N) is 1. The third kappa shape index (κ3) is 7.63. The third-order valence-electron chi connectivity index (χ3n) is 3.16. The lowest BCUT2D eigenvalue weighted by atomic mass is 10.1. The van der Waals surface area contributed by atoms with Crippen LogP contribution in [-0.2, 0) is 6.54 Å². The molecular formula is C16H27IN4O. The summed E-state index contributed by atoms with van der Waals surface area (Å²) in [6.45, 7) is 7.32. The number of guanidine groups is 1. The van der Waals surface area contributed by atoms with Gasteiger partial charge in [0, 0.05) is 18.2 Å². The number of carbonyl (C=O) groups excluding carboxylic acids is 1. The second-order valence-electron chi connectivity index (χ2n) is 5.11. The Hall–Kier alpha value is -1.31. The molecule has 0 aliphatic carbocycles. The van der Waals surface area contributed by atoms with Gasteiger partial charge in [-0.05, 0) is 37.5 Å². The van der Waals surface area contributed by atoms with Crippen molar-refractivity contribution in [1.29, 1.82) is 0 Å². The van der Waals surface area contributed by atoms with E-state index in [1.807, 2.05) is 25.1 Å². The topological polar surface area (TPSA) is 79.5 Å². The Morgan fingerprint density at radius 3 is 2.73 bits per heavy atom. The van der Waals surface area contributed by atoms with Crippen molar-refractivity contribution < 1.29 is 4.79 Å². The SMILES string of the molecule is CCCNC(=O)c1cccc(CN=C(N)NC(C)CC)c1.I. The van der Waals surface area contributed by atoms with Crippen LogP contribution in [0.5, 0.6) is 0 Å². The number of hydrogen-bond donors (Lipinski definition) is 3. The molecule has 5 nitrogen and oxygen atoms in total. The molecule has 1 aromatic rings. The molecule has 124 valence electrons. The zero-order valence-electron chi connectivity index (χ0n) is 13.6. The molecule has 0 aliphatic rings. The van der Waals surface area contributed by atoms with Crippen molar-refractivity contribution in [2.24, 2.45) is 10.7 Å². The van der Waals surface area contributed by atoms with Crippen LogP contribution < -0.4 is 16.4 Å². The van der Waals surface area contributed by atoms with E-state index >= 15 is 0 Å². The standard InChI is InChI=1S/C16H26N4O.HI/c1-4-9-18-15(21)14-8-6-7-13(10-14)11-19-16(17)20-12(3)5-2;/h6-8,10,12H,4-5,9,11H2,1-3H3,(H,18,21)(H3,17,19,20);1H. The number of hydrogen-bond acceptors (Lipinski definition) is 2. The van der Waals surface area contributed by atoms with Gasteiger partial charge in [-0.3, -0.25) is 4.79 Å². The average molecular weight is 418 g/mol. The number of rotatable bonds is 7. The van der Waals surface area contributed by atoms with Gasteiger partial charge in [-0.2, -0.15) is 0 Å². The number of nitrogens with one attached hydrogen (secondary N) is 2. The van der Waals surface area contributed by atoms with E-state index < -0.39 is 0 Å². The molecule has 4 N–H and O–H groups in total. The Morgan fingerprint density at radius 2 is 2.09 bits per heavy atom. The summed E-state index contributed by atoms with van der Waals surface area (Å²) in [5, 5.41) is 5.98. The van der Waals surface area contributed by atoms with Gasteiger partial charge < -0.3 is 16.4 Å². The molecule has 0 saturated heterocycles. The van der Waals surface area contributed by atoms with Gasteiger partial charge in [-0.25, -0.2) is 4.99 Å². The molecule has 22 heavy (non-hydrogen) atoms. The minimum absolute atomic E-state index is 0. The molecule has 0 bridgehead atoms. The Labute approximate surface area is 150 Å². The number of amides is 1. The predicted octanol–water partition coefficient (Wildman–Crippen LogP) is 2.65. The quantitative estimate of drug-likeness (QED) is 0.362. The first-order chi connectivity index (χ1) is 10.1. The molecule has 1 unspecified atom stereocenters. The molecule has 1 rings (SSSR count). The van der Waals surface area contributed by atoms with Crippen molar-refractivity contribution in [3.63, 3.8) is 0 Å². The van der Waals surface area contributed by atoms with Gasteiger partial charge in [0.2, 0.25) is 0 Å². The predicted molar refractivity (Wildman–Crippen MR) is 103 cm³/mol. The zero-order chi connectivity index (χ0) is 15.7. The number of nitrogens with two attached hydrogens (primary N) is 1. The third-order valence-corrected chi connectivity index (χ3v) is 3.16. The van der Waals surface area contributed by atoms with Gasteiger partial charge in [0.15, 0.2) is 5.96 Å². The van der Waals surface area contributed by atoms with Crippen LogP contribution in [0.25, 0.3) is 0 Å².